The zero-order valence-corrected chi connectivity index (χ0v) is 16.2. The molecule has 2 aromatic carbocycles. The fraction of sp³-hybridized carbons (Fsp3) is 0.350. The molecule has 154 valence electrons. The van der Waals surface area contributed by atoms with E-state index in [1.54, 1.807) is 38.1 Å². The van der Waals surface area contributed by atoms with Gasteiger partial charge in [0.2, 0.25) is 5.91 Å². The Balaban J connectivity index is 1.88. The summed E-state index contributed by atoms with van der Waals surface area (Å²) >= 11 is 0. The molecule has 1 aliphatic heterocycles. The van der Waals surface area contributed by atoms with Gasteiger partial charge in [-0.25, -0.2) is 0 Å². The van der Waals surface area contributed by atoms with E-state index in [4.69, 9.17) is 9.47 Å². The van der Waals surface area contributed by atoms with Gasteiger partial charge in [0.1, 0.15) is 35.0 Å². The molecular weight excluding hydrogens is 380 g/mol. The van der Waals surface area contributed by atoms with Crippen molar-refractivity contribution < 1.29 is 29.4 Å². The third-order valence-electron chi connectivity index (χ3n) is 4.83. The van der Waals surface area contributed by atoms with Crippen molar-refractivity contribution in [1.82, 2.24) is 0 Å². The topological polar surface area (TPSA) is 131 Å². The fourth-order valence-corrected chi connectivity index (χ4v) is 3.17. The first-order valence-corrected chi connectivity index (χ1v) is 8.92. The van der Waals surface area contributed by atoms with E-state index in [0.29, 0.717) is 11.3 Å². The van der Waals surface area contributed by atoms with Gasteiger partial charge in [-0.1, -0.05) is 12.1 Å². The average Bonchev–Trinajstić information content (AvgIpc) is 2.66. The second-order valence-electron chi connectivity index (χ2n) is 7.33. The van der Waals surface area contributed by atoms with Crippen molar-refractivity contribution in [2.45, 2.75) is 38.1 Å². The van der Waals surface area contributed by atoms with E-state index in [2.05, 4.69) is 5.32 Å². The minimum Gasteiger partial charge on any atom is -0.497 e. The van der Waals surface area contributed by atoms with Gasteiger partial charge in [0.15, 0.2) is 0 Å². The maximum atomic E-state index is 12.4. The molecule has 9 nitrogen and oxygen atoms in total. The third-order valence-corrected chi connectivity index (χ3v) is 4.83. The number of hydrogen-bond donors (Lipinski definition) is 3. The Bertz CT molecular complexity index is 941. The van der Waals surface area contributed by atoms with E-state index in [0.717, 1.165) is 6.07 Å². The number of rotatable bonds is 5. The van der Waals surface area contributed by atoms with Crippen molar-refractivity contribution in [3.05, 3.63) is 57.6 Å². The molecule has 0 aromatic heterocycles. The van der Waals surface area contributed by atoms with Crippen LogP contribution in [0.25, 0.3) is 0 Å². The summed E-state index contributed by atoms with van der Waals surface area (Å²) < 4.78 is 10.7. The smallest absolute Gasteiger partial charge is 0.296 e. The number of ether oxygens (including phenoxy) is 2. The number of aliphatic hydroxyl groups is 2. The van der Waals surface area contributed by atoms with Crippen LogP contribution >= 0.6 is 0 Å². The van der Waals surface area contributed by atoms with Crippen LogP contribution in [0.2, 0.25) is 0 Å². The summed E-state index contributed by atoms with van der Waals surface area (Å²) in [5, 5.41) is 34.7. The summed E-state index contributed by atoms with van der Waals surface area (Å²) in [4.78, 5) is 23.3. The van der Waals surface area contributed by atoms with Crippen LogP contribution in [0.5, 0.6) is 11.5 Å². The number of amides is 1. The van der Waals surface area contributed by atoms with E-state index >= 15 is 0 Å². The molecule has 0 saturated heterocycles. The van der Waals surface area contributed by atoms with Crippen molar-refractivity contribution in [1.29, 1.82) is 0 Å². The van der Waals surface area contributed by atoms with Crippen LogP contribution < -0.4 is 14.8 Å². The van der Waals surface area contributed by atoms with Gasteiger partial charge in [0, 0.05) is 5.56 Å². The Morgan fingerprint density at radius 3 is 2.52 bits per heavy atom. The molecule has 9 heteroatoms. The monoisotopic (exact) mass is 402 g/mol. The zero-order chi connectivity index (χ0) is 21.3. The van der Waals surface area contributed by atoms with Crippen molar-refractivity contribution in [2.24, 2.45) is 0 Å². The summed E-state index contributed by atoms with van der Waals surface area (Å²) in [5.41, 5.74) is -0.709. The SMILES string of the molecule is COc1ccc(CC(=O)Nc2cc3c(cc2[N+](=O)[O-])OC(C)(C)[C@H](O)[C@H]3O)cc1. The normalized spacial score (nSPS) is 19.6. The van der Waals surface area contributed by atoms with Gasteiger partial charge in [-0.2, -0.15) is 0 Å². The first-order valence-electron chi connectivity index (χ1n) is 8.92. The highest BCUT2D eigenvalue weighted by Crippen LogP contribution is 2.44. The molecule has 0 aliphatic carbocycles. The summed E-state index contributed by atoms with van der Waals surface area (Å²) in [7, 11) is 1.53. The lowest BCUT2D eigenvalue weighted by atomic mass is 9.88. The number of nitrogens with one attached hydrogen (secondary N) is 1. The summed E-state index contributed by atoms with van der Waals surface area (Å²) in [6, 6.07) is 9.27. The predicted octanol–water partition coefficient (Wildman–Crippen LogP) is 2.35. The Hall–Kier alpha value is -3.17. The number of hydrogen-bond acceptors (Lipinski definition) is 7. The molecule has 2 atom stereocenters. The van der Waals surface area contributed by atoms with Gasteiger partial charge in [-0.3, -0.25) is 14.9 Å². The quantitative estimate of drug-likeness (QED) is 0.517. The molecule has 1 aliphatic rings. The van der Waals surface area contributed by atoms with Crippen LogP contribution in [-0.2, 0) is 11.2 Å². The number of nitro groups is 1. The molecule has 1 amide bonds. The molecule has 0 unspecified atom stereocenters. The molecule has 0 radical (unpaired) electrons. The lowest BCUT2D eigenvalue weighted by Crippen LogP contribution is -2.48. The molecule has 0 saturated carbocycles. The summed E-state index contributed by atoms with van der Waals surface area (Å²) in [6.45, 7) is 3.14. The Kier molecular flexibility index (Phi) is 5.45. The van der Waals surface area contributed by atoms with Crippen LogP contribution in [0.15, 0.2) is 36.4 Å². The second kappa shape index (κ2) is 7.69. The number of carbonyl (C=O) groups excluding carboxylic acids is 1. The maximum absolute atomic E-state index is 12.4. The van der Waals surface area contributed by atoms with Crippen LogP contribution in [0.3, 0.4) is 0 Å². The molecule has 3 rings (SSSR count). The lowest BCUT2D eigenvalue weighted by molar-refractivity contribution is -0.384. The van der Waals surface area contributed by atoms with Gasteiger partial charge in [0.25, 0.3) is 5.69 Å². The highest BCUT2D eigenvalue weighted by molar-refractivity contribution is 5.94. The molecule has 0 bridgehead atoms. The van der Waals surface area contributed by atoms with Crippen molar-refractivity contribution in [3.63, 3.8) is 0 Å². The maximum Gasteiger partial charge on any atom is 0.296 e. The van der Waals surface area contributed by atoms with Gasteiger partial charge in [-0.05, 0) is 37.6 Å². The van der Waals surface area contributed by atoms with E-state index in [9.17, 15) is 25.1 Å². The van der Waals surface area contributed by atoms with Crippen molar-refractivity contribution in [2.75, 3.05) is 12.4 Å². The number of benzene rings is 2. The van der Waals surface area contributed by atoms with Crippen LogP contribution in [-0.4, -0.2) is 39.9 Å². The standard InChI is InChI=1S/C20H22N2O7/c1-20(2)19(25)18(24)13-9-14(15(22(26)27)10-16(13)29-20)21-17(23)8-11-4-6-12(28-3)7-5-11/h4-7,9-10,18-19,24-25H,8H2,1-3H3,(H,21,23)/t18-,19+/m0/s1. The second-order valence-corrected chi connectivity index (χ2v) is 7.33. The average molecular weight is 402 g/mol. The Morgan fingerprint density at radius 1 is 1.28 bits per heavy atom. The van der Waals surface area contributed by atoms with E-state index in [-0.39, 0.29) is 29.1 Å². The van der Waals surface area contributed by atoms with Crippen LogP contribution in [0.1, 0.15) is 31.1 Å². The van der Waals surface area contributed by atoms with E-state index < -0.39 is 28.6 Å². The molecule has 3 N–H and O–H groups in total. The van der Waals surface area contributed by atoms with Crippen LogP contribution in [0.4, 0.5) is 11.4 Å². The fourth-order valence-electron chi connectivity index (χ4n) is 3.17. The van der Waals surface area contributed by atoms with Gasteiger partial charge in [0.05, 0.1) is 24.5 Å². The number of fused-ring (bicyclic) bond motifs is 1. The molecule has 2 aromatic rings. The minimum absolute atomic E-state index is 0.00700. The molecule has 0 spiro atoms. The van der Waals surface area contributed by atoms with Crippen molar-refractivity contribution in [3.8, 4) is 11.5 Å². The van der Waals surface area contributed by atoms with Gasteiger partial charge < -0.3 is 25.0 Å². The lowest BCUT2D eigenvalue weighted by Gasteiger charge is -2.40. The highest BCUT2D eigenvalue weighted by atomic mass is 16.6. The molecule has 0 fully saturated rings. The van der Waals surface area contributed by atoms with E-state index in [1.807, 2.05) is 0 Å². The third kappa shape index (κ3) is 4.15. The number of aliphatic hydroxyl groups excluding tert-OH is 2. The first-order chi connectivity index (χ1) is 13.6. The Labute approximate surface area is 167 Å². The largest absolute Gasteiger partial charge is 0.497 e. The number of carbonyl (C=O) groups is 1. The number of anilines is 1. The predicted molar refractivity (Wildman–Crippen MR) is 104 cm³/mol. The number of nitro benzene ring substituents is 1. The molecule has 1 heterocycles. The van der Waals surface area contributed by atoms with E-state index in [1.165, 1.54) is 13.2 Å². The van der Waals surface area contributed by atoms with Crippen LogP contribution in [0, 0.1) is 10.1 Å². The van der Waals surface area contributed by atoms with Crippen molar-refractivity contribution >= 4 is 17.3 Å². The van der Waals surface area contributed by atoms with Gasteiger partial charge in [-0.15, -0.1) is 0 Å². The Morgan fingerprint density at radius 2 is 1.93 bits per heavy atom. The number of nitrogens with zero attached hydrogens (tertiary/aromatic N) is 1. The highest BCUT2D eigenvalue weighted by Gasteiger charge is 2.43. The minimum atomic E-state index is -1.31. The first kappa shape index (κ1) is 20.6. The molecule has 29 heavy (non-hydrogen) atoms. The summed E-state index contributed by atoms with van der Waals surface area (Å²) in [6.07, 6.45) is -2.56. The zero-order valence-electron chi connectivity index (χ0n) is 16.2. The molecular formula is C20H22N2O7. The summed E-state index contributed by atoms with van der Waals surface area (Å²) in [5.74, 6) is 0.271. The van der Waals surface area contributed by atoms with Gasteiger partial charge >= 0.3 is 0 Å². The number of methoxy groups -OCH3 is 1.